The van der Waals surface area contributed by atoms with E-state index in [1.165, 1.54) is 17.2 Å². The van der Waals surface area contributed by atoms with E-state index in [0.29, 0.717) is 17.8 Å². The van der Waals surface area contributed by atoms with Gasteiger partial charge in [0, 0.05) is 31.8 Å². The van der Waals surface area contributed by atoms with Crippen molar-refractivity contribution in [2.75, 3.05) is 13.1 Å². The first-order chi connectivity index (χ1) is 23.7. The molecule has 1 aromatic carbocycles. The van der Waals surface area contributed by atoms with Crippen molar-refractivity contribution in [1.82, 2.24) is 46.2 Å². The standard InChI is InChI=1S/C34H35N9O6/c1-20(2)14-27-33-39-29(19-48-33)32(46)37-25(15-21-8-4-3-5-9-21)30(44)36-12-13-43(18-22-16-26(42-49-22)31(45)38-27)34(47)28-17-24(40-41-28)23-10-6-7-11-35-23/h3-11,16-17,19-20,25,27H,12-15,18H2,1-2H3,(H,36,44)(H,37,46)(H,38,45)(H,40,41)/t25-,27+/m0/s1. The minimum atomic E-state index is -0.977. The predicted molar refractivity (Wildman–Crippen MR) is 174 cm³/mol. The molecule has 5 aromatic rings. The summed E-state index contributed by atoms with van der Waals surface area (Å²) >= 11 is 0. The van der Waals surface area contributed by atoms with Crippen LogP contribution in [0.25, 0.3) is 11.4 Å². The van der Waals surface area contributed by atoms with Crippen molar-refractivity contribution in [1.29, 1.82) is 0 Å². The van der Waals surface area contributed by atoms with Crippen molar-refractivity contribution >= 4 is 23.6 Å². The Kier molecular flexibility index (Phi) is 9.88. The van der Waals surface area contributed by atoms with Gasteiger partial charge in [0.2, 0.25) is 11.8 Å². The van der Waals surface area contributed by atoms with Crippen LogP contribution in [0.4, 0.5) is 0 Å². The molecule has 1 aliphatic heterocycles. The lowest BCUT2D eigenvalue weighted by molar-refractivity contribution is -0.123. The number of hydrogen-bond acceptors (Lipinski definition) is 10. The third-order valence-corrected chi connectivity index (χ3v) is 7.81. The molecule has 0 fully saturated rings. The van der Waals surface area contributed by atoms with E-state index in [2.05, 4.69) is 41.3 Å². The number of amides is 4. The maximum atomic E-state index is 13.8. The molecule has 4 N–H and O–H groups in total. The summed E-state index contributed by atoms with van der Waals surface area (Å²) in [5.41, 5.74) is 2.00. The number of aromatic nitrogens is 5. The highest BCUT2D eigenvalue weighted by Crippen LogP contribution is 2.23. The van der Waals surface area contributed by atoms with Gasteiger partial charge in [-0.3, -0.25) is 29.3 Å². The molecular weight excluding hydrogens is 630 g/mol. The molecule has 252 valence electrons. The Labute approximate surface area is 280 Å². The summed E-state index contributed by atoms with van der Waals surface area (Å²) in [6, 6.07) is 16.0. The van der Waals surface area contributed by atoms with Crippen LogP contribution in [0.15, 0.2) is 82.1 Å². The Balaban J connectivity index is 1.30. The summed E-state index contributed by atoms with van der Waals surface area (Å²) in [6.45, 7) is 3.94. The van der Waals surface area contributed by atoms with E-state index in [1.807, 2.05) is 50.2 Å². The zero-order valence-electron chi connectivity index (χ0n) is 26.9. The second kappa shape index (κ2) is 14.8. The first-order valence-electron chi connectivity index (χ1n) is 15.8. The van der Waals surface area contributed by atoms with E-state index in [0.717, 1.165) is 5.56 Å². The fourth-order valence-electron chi connectivity index (χ4n) is 5.39. The molecule has 15 nitrogen and oxygen atoms in total. The number of fused-ring (bicyclic) bond motifs is 4. The summed E-state index contributed by atoms with van der Waals surface area (Å²) in [5.74, 6) is -1.58. The Bertz CT molecular complexity index is 1920. The highest BCUT2D eigenvalue weighted by atomic mass is 16.5. The first kappa shape index (κ1) is 32.8. The van der Waals surface area contributed by atoms with Gasteiger partial charge in [0.25, 0.3) is 17.7 Å². The number of nitrogens with zero attached hydrogens (tertiary/aromatic N) is 5. The molecule has 4 amide bonds. The van der Waals surface area contributed by atoms with Crippen LogP contribution < -0.4 is 16.0 Å². The molecule has 0 spiro atoms. The minimum absolute atomic E-state index is 0.0159. The van der Waals surface area contributed by atoms with Crippen LogP contribution >= 0.6 is 0 Å². The van der Waals surface area contributed by atoms with Gasteiger partial charge in [0.15, 0.2) is 17.1 Å². The molecule has 0 radical (unpaired) electrons. The van der Waals surface area contributed by atoms with Gasteiger partial charge in [-0.25, -0.2) is 4.98 Å². The van der Waals surface area contributed by atoms with Gasteiger partial charge < -0.3 is 29.8 Å². The largest absolute Gasteiger partial charge is 0.446 e. The molecule has 6 rings (SSSR count). The third kappa shape index (κ3) is 8.06. The number of nitrogens with one attached hydrogen (secondary N) is 4. The van der Waals surface area contributed by atoms with Gasteiger partial charge >= 0.3 is 0 Å². The van der Waals surface area contributed by atoms with E-state index in [4.69, 9.17) is 8.94 Å². The molecule has 15 heteroatoms. The summed E-state index contributed by atoms with van der Waals surface area (Å²) in [5, 5.41) is 19.4. The molecular formula is C34H35N9O6. The smallest absolute Gasteiger partial charge is 0.274 e. The second-order valence-corrected chi connectivity index (χ2v) is 12.0. The molecule has 0 aliphatic carbocycles. The predicted octanol–water partition coefficient (Wildman–Crippen LogP) is 3.08. The van der Waals surface area contributed by atoms with Crippen LogP contribution in [0.5, 0.6) is 0 Å². The summed E-state index contributed by atoms with van der Waals surface area (Å²) in [6.07, 6.45) is 3.47. The van der Waals surface area contributed by atoms with Crippen molar-refractivity contribution in [3.8, 4) is 11.4 Å². The number of carbonyl (C=O) groups excluding carboxylic acids is 4. The van der Waals surface area contributed by atoms with Gasteiger partial charge in [-0.1, -0.05) is 55.4 Å². The molecule has 49 heavy (non-hydrogen) atoms. The number of carbonyl (C=O) groups is 4. The first-order valence-corrected chi connectivity index (χ1v) is 15.8. The lowest BCUT2D eigenvalue weighted by Crippen LogP contribution is -2.49. The number of H-pyrrole nitrogens is 1. The molecule has 2 atom stereocenters. The fraction of sp³-hybridized carbons (Fsp3) is 0.294. The lowest BCUT2D eigenvalue weighted by atomic mass is 10.0. The van der Waals surface area contributed by atoms with E-state index < -0.39 is 35.7 Å². The van der Waals surface area contributed by atoms with Gasteiger partial charge in [-0.2, -0.15) is 5.10 Å². The average Bonchev–Trinajstić information content (AvgIpc) is 3.89. The average molecular weight is 666 g/mol. The SMILES string of the molecule is CC(C)C[C@H]1NC(=O)c2cc(on2)CN(C(=O)c2cc(-c3ccccn3)n[nH]2)CCNC(=O)[C@H](Cc2ccccc2)NC(=O)c2coc1n2. The van der Waals surface area contributed by atoms with Crippen molar-refractivity contribution in [2.24, 2.45) is 5.92 Å². The molecule has 1 aliphatic rings. The monoisotopic (exact) mass is 665 g/mol. The van der Waals surface area contributed by atoms with E-state index in [-0.39, 0.29) is 60.7 Å². The van der Waals surface area contributed by atoms with E-state index in [1.54, 1.807) is 24.4 Å². The normalized spacial score (nSPS) is 17.5. The summed E-state index contributed by atoms with van der Waals surface area (Å²) in [4.78, 5) is 64.1. The molecule has 5 heterocycles. The molecule has 0 saturated heterocycles. The number of pyridine rings is 1. The van der Waals surface area contributed by atoms with Crippen molar-refractivity contribution < 1.29 is 28.1 Å². The summed E-state index contributed by atoms with van der Waals surface area (Å²) < 4.78 is 11.1. The maximum Gasteiger partial charge on any atom is 0.274 e. The van der Waals surface area contributed by atoms with E-state index in [9.17, 15) is 19.2 Å². The van der Waals surface area contributed by atoms with Crippen LogP contribution in [0.2, 0.25) is 0 Å². The summed E-state index contributed by atoms with van der Waals surface area (Å²) in [7, 11) is 0. The van der Waals surface area contributed by atoms with Gasteiger partial charge in [0.1, 0.15) is 29.7 Å². The van der Waals surface area contributed by atoms with Crippen molar-refractivity contribution in [3.05, 3.63) is 107 Å². The Morgan fingerprint density at radius 1 is 0.939 bits per heavy atom. The fourth-order valence-corrected chi connectivity index (χ4v) is 5.39. The second-order valence-electron chi connectivity index (χ2n) is 12.0. The number of aromatic amines is 1. The van der Waals surface area contributed by atoms with Gasteiger partial charge in [-0.05, 0) is 36.1 Å². The minimum Gasteiger partial charge on any atom is -0.446 e. The zero-order chi connectivity index (χ0) is 34.3. The number of hydrogen-bond donors (Lipinski definition) is 4. The van der Waals surface area contributed by atoms with Crippen LogP contribution in [-0.4, -0.2) is 73.0 Å². The van der Waals surface area contributed by atoms with Crippen LogP contribution in [0.3, 0.4) is 0 Å². The number of benzene rings is 1. The van der Waals surface area contributed by atoms with Crippen LogP contribution in [0, 0.1) is 5.92 Å². The molecule has 0 unspecified atom stereocenters. The molecule has 0 saturated carbocycles. The third-order valence-electron chi connectivity index (χ3n) is 7.81. The number of oxazole rings is 1. The Morgan fingerprint density at radius 2 is 1.71 bits per heavy atom. The quantitative estimate of drug-likeness (QED) is 0.209. The van der Waals surface area contributed by atoms with Crippen molar-refractivity contribution in [2.45, 2.75) is 45.3 Å². The Hall–Kier alpha value is -6.12. The maximum absolute atomic E-state index is 13.8. The van der Waals surface area contributed by atoms with Crippen molar-refractivity contribution in [3.63, 3.8) is 0 Å². The topological polar surface area (TPSA) is 201 Å². The molecule has 4 aromatic heterocycles. The lowest BCUT2D eigenvalue weighted by Gasteiger charge is -2.22. The highest BCUT2D eigenvalue weighted by molar-refractivity contribution is 5.96. The van der Waals surface area contributed by atoms with Gasteiger partial charge in [0.05, 0.1) is 12.2 Å². The zero-order valence-corrected chi connectivity index (χ0v) is 26.9. The van der Waals surface area contributed by atoms with Gasteiger partial charge in [-0.15, -0.1) is 0 Å². The Morgan fingerprint density at radius 3 is 2.49 bits per heavy atom. The van der Waals surface area contributed by atoms with E-state index >= 15 is 0 Å². The van der Waals surface area contributed by atoms with Crippen LogP contribution in [-0.2, 0) is 17.8 Å². The number of rotatable bonds is 6. The van der Waals surface area contributed by atoms with Crippen LogP contribution in [0.1, 0.15) is 75.0 Å². The molecule has 4 bridgehead atoms. The highest BCUT2D eigenvalue weighted by Gasteiger charge is 2.29.